The summed E-state index contributed by atoms with van der Waals surface area (Å²) in [4.78, 5) is 25.2. The zero-order chi connectivity index (χ0) is 11.4. The summed E-state index contributed by atoms with van der Waals surface area (Å²) in [6, 6.07) is 0. The molecule has 1 aliphatic carbocycles. The van der Waals surface area contributed by atoms with Gasteiger partial charge in [0.1, 0.15) is 0 Å². The van der Waals surface area contributed by atoms with E-state index in [1.165, 1.54) is 4.90 Å². The fraction of sp³-hybridized carbons (Fsp3) is 0.818. The van der Waals surface area contributed by atoms with Crippen molar-refractivity contribution in [2.45, 2.75) is 32.3 Å². The molecule has 2 bridgehead atoms. The molecule has 1 amide bonds. The van der Waals surface area contributed by atoms with Gasteiger partial charge in [-0.1, -0.05) is 6.92 Å². The van der Waals surface area contributed by atoms with E-state index in [9.17, 15) is 9.59 Å². The molecule has 0 radical (unpaired) electrons. The van der Waals surface area contributed by atoms with Crippen molar-refractivity contribution in [2.75, 3.05) is 14.1 Å². The van der Waals surface area contributed by atoms with E-state index in [-0.39, 0.29) is 17.8 Å². The lowest BCUT2D eigenvalue weighted by molar-refractivity contribution is -0.172. The standard InChI is InChI=1S/C11H17NO3/c1-7-5-11(8(13)12(3)4)6-10(7,2)9(14)15-11/h7H,5-6H2,1-4H3. The van der Waals surface area contributed by atoms with Gasteiger partial charge in [0.25, 0.3) is 5.91 Å². The number of esters is 1. The number of nitrogens with zero attached hydrogens (tertiary/aromatic N) is 1. The molecule has 2 fully saturated rings. The Labute approximate surface area is 89.6 Å². The van der Waals surface area contributed by atoms with Crippen molar-refractivity contribution < 1.29 is 14.3 Å². The van der Waals surface area contributed by atoms with Crippen LogP contribution >= 0.6 is 0 Å². The van der Waals surface area contributed by atoms with E-state index in [1.807, 2.05) is 13.8 Å². The third kappa shape index (κ3) is 1.13. The maximum atomic E-state index is 12.0. The average molecular weight is 211 g/mol. The zero-order valence-electron chi connectivity index (χ0n) is 9.66. The fourth-order valence-corrected chi connectivity index (χ4v) is 2.82. The highest BCUT2D eigenvalue weighted by Gasteiger charge is 2.67. The highest BCUT2D eigenvalue weighted by Crippen LogP contribution is 2.57. The number of carbonyl (C=O) groups excluding carboxylic acids is 2. The maximum absolute atomic E-state index is 12.0. The van der Waals surface area contributed by atoms with E-state index in [0.29, 0.717) is 12.8 Å². The van der Waals surface area contributed by atoms with Gasteiger partial charge >= 0.3 is 5.97 Å². The molecule has 1 saturated carbocycles. The summed E-state index contributed by atoms with van der Waals surface area (Å²) < 4.78 is 5.31. The monoisotopic (exact) mass is 211 g/mol. The van der Waals surface area contributed by atoms with Crippen LogP contribution in [-0.4, -0.2) is 36.5 Å². The third-order valence-electron chi connectivity index (χ3n) is 3.93. The second kappa shape index (κ2) is 2.74. The smallest absolute Gasteiger partial charge is 0.313 e. The van der Waals surface area contributed by atoms with Crippen LogP contribution in [0.3, 0.4) is 0 Å². The van der Waals surface area contributed by atoms with E-state index < -0.39 is 11.0 Å². The van der Waals surface area contributed by atoms with Gasteiger partial charge in [0.2, 0.25) is 0 Å². The molecule has 0 spiro atoms. The van der Waals surface area contributed by atoms with E-state index >= 15 is 0 Å². The van der Waals surface area contributed by atoms with Gasteiger partial charge in [0, 0.05) is 26.9 Å². The van der Waals surface area contributed by atoms with E-state index in [4.69, 9.17) is 4.74 Å². The lowest BCUT2D eigenvalue weighted by Gasteiger charge is -2.31. The number of fused-ring (bicyclic) bond motifs is 2. The van der Waals surface area contributed by atoms with Gasteiger partial charge in [-0.2, -0.15) is 0 Å². The summed E-state index contributed by atoms with van der Waals surface area (Å²) in [5, 5.41) is 0. The summed E-state index contributed by atoms with van der Waals surface area (Å²) in [6.45, 7) is 3.92. The van der Waals surface area contributed by atoms with Gasteiger partial charge in [-0.15, -0.1) is 0 Å². The number of carbonyl (C=O) groups is 2. The van der Waals surface area contributed by atoms with Crippen molar-refractivity contribution in [3.05, 3.63) is 0 Å². The normalized spacial score (nSPS) is 42.9. The van der Waals surface area contributed by atoms with Crippen LogP contribution in [0.1, 0.15) is 26.7 Å². The summed E-state index contributed by atoms with van der Waals surface area (Å²) in [5.41, 5.74) is -1.32. The molecule has 2 rings (SSSR count). The quantitative estimate of drug-likeness (QED) is 0.603. The van der Waals surface area contributed by atoms with Crippen LogP contribution in [0.15, 0.2) is 0 Å². The number of likely N-dealkylation sites (N-methyl/N-ethyl adjacent to an activating group) is 1. The minimum atomic E-state index is -0.866. The predicted octanol–water partition coefficient (Wildman–Crippen LogP) is 0.806. The van der Waals surface area contributed by atoms with E-state index in [0.717, 1.165) is 0 Å². The summed E-state index contributed by atoms with van der Waals surface area (Å²) in [5.74, 6) is -0.0666. The lowest BCUT2D eigenvalue weighted by Crippen LogP contribution is -2.46. The largest absolute Gasteiger partial charge is 0.448 e. The highest BCUT2D eigenvalue weighted by atomic mass is 16.6. The number of amides is 1. The molecule has 4 heteroatoms. The Bertz CT molecular complexity index is 339. The Kier molecular flexibility index (Phi) is 1.91. The van der Waals surface area contributed by atoms with Crippen LogP contribution in [0.4, 0.5) is 0 Å². The van der Waals surface area contributed by atoms with Gasteiger partial charge in [-0.05, 0) is 12.8 Å². The Hall–Kier alpha value is -1.06. The Morgan fingerprint density at radius 2 is 2.13 bits per heavy atom. The summed E-state index contributed by atoms with van der Waals surface area (Å²) in [6.07, 6.45) is 1.20. The minimum Gasteiger partial charge on any atom is -0.448 e. The first-order chi connectivity index (χ1) is 6.82. The van der Waals surface area contributed by atoms with Crippen molar-refractivity contribution in [2.24, 2.45) is 11.3 Å². The number of ether oxygens (including phenoxy) is 1. The predicted molar refractivity (Wildman–Crippen MR) is 54.0 cm³/mol. The topological polar surface area (TPSA) is 46.6 Å². The van der Waals surface area contributed by atoms with E-state index in [2.05, 4.69) is 0 Å². The second-order valence-electron chi connectivity index (χ2n) is 5.28. The maximum Gasteiger partial charge on any atom is 0.313 e. The van der Waals surface area contributed by atoms with Crippen molar-refractivity contribution in [1.29, 1.82) is 0 Å². The molecular weight excluding hydrogens is 194 g/mol. The Balaban J connectivity index is 2.35. The first-order valence-corrected chi connectivity index (χ1v) is 5.27. The Morgan fingerprint density at radius 1 is 1.53 bits per heavy atom. The molecule has 0 aromatic rings. The average Bonchev–Trinajstić information content (AvgIpc) is 2.52. The van der Waals surface area contributed by atoms with Crippen molar-refractivity contribution in [1.82, 2.24) is 4.90 Å². The molecule has 3 atom stereocenters. The minimum absolute atomic E-state index is 0.0797. The number of hydrogen-bond donors (Lipinski definition) is 0. The van der Waals surface area contributed by atoms with Crippen LogP contribution in [0.5, 0.6) is 0 Å². The lowest BCUT2D eigenvalue weighted by atomic mass is 9.81. The van der Waals surface area contributed by atoms with Crippen LogP contribution in [-0.2, 0) is 14.3 Å². The molecule has 0 N–H and O–H groups in total. The molecule has 1 heterocycles. The highest BCUT2D eigenvalue weighted by molar-refractivity contribution is 5.94. The molecule has 3 unspecified atom stereocenters. The number of hydrogen-bond acceptors (Lipinski definition) is 3. The SMILES string of the molecule is CC1CC2(C(=O)N(C)C)CC1(C)C(=O)O2. The van der Waals surface area contributed by atoms with Crippen LogP contribution in [0, 0.1) is 11.3 Å². The molecule has 84 valence electrons. The van der Waals surface area contributed by atoms with E-state index in [1.54, 1.807) is 14.1 Å². The van der Waals surface area contributed by atoms with Gasteiger partial charge in [-0.25, -0.2) is 0 Å². The Morgan fingerprint density at radius 3 is 2.53 bits per heavy atom. The molecule has 0 aromatic heterocycles. The fourth-order valence-electron chi connectivity index (χ4n) is 2.82. The van der Waals surface area contributed by atoms with Gasteiger partial charge in [-0.3, -0.25) is 9.59 Å². The third-order valence-corrected chi connectivity index (χ3v) is 3.93. The van der Waals surface area contributed by atoms with Crippen molar-refractivity contribution >= 4 is 11.9 Å². The van der Waals surface area contributed by atoms with Crippen molar-refractivity contribution in [3.8, 4) is 0 Å². The molecule has 1 saturated heterocycles. The molecule has 4 nitrogen and oxygen atoms in total. The van der Waals surface area contributed by atoms with Crippen LogP contribution in [0.25, 0.3) is 0 Å². The second-order valence-corrected chi connectivity index (χ2v) is 5.28. The molecule has 2 aliphatic rings. The van der Waals surface area contributed by atoms with Gasteiger partial charge in [0.15, 0.2) is 5.60 Å². The van der Waals surface area contributed by atoms with Gasteiger partial charge < -0.3 is 9.64 Å². The molecular formula is C11H17NO3. The van der Waals surface area contributed by atoms with Crippen LogP contribution < -0.4 is 0 Å². The zero-order valence-corrected chi connectivity index (χ0v) is 9.66. The molecule has 1 aliphatic heterocycles. The summed E-state index contributed by atoms with van der Waals surface area (Å²) in [7, 11) is 3.40. The molecule has 15 heavy (non-hydrogen) atoms. The first kappa shape index (κ1) is 10.5. The first-order valence-electron chi connectivity index (χ1n) is 5.27. The number of rotatable bonds is 1. The van der Waals surface area contributed by atoms with Crippen molar-refractivity contribution in [3.63, 3.8) is 0 Å². The van der Waals surface area contributed by atoms with Gasteiger partial charge in [0.05, 0.1) is 5.41 Å². The molecule has 0 aromatic carbocycles. The van der Waals surface area contributed by atoms with Crippen LogP contribution in [0.2, 0.25) is 0 Å². The summed E-state index contributed by atoms with van der Waals surface area (Å²) >= 11 is 0.